The molecule has 0 fully saturated rings. The number of aromatic nitrogens is 1. The van der Waals surface area contributed by atoms with Crippen LogP contribution in [-0.4, -0.2) is 12.6 Å². The van der Waals surface area contributed by atoms with Gasteiger partial charge in [-0.25, -0.2) is 0 Å². The largest absolute Gasteiger partial charge is 0.560 e. The van der Waals surface area contributed by atoms with Gasteiger partial charge in [0.05, 0.1) is 5.75 Å². The highest BCUT2D eigenvalue weighted by Gasteiger charge is 2.10. The lowest BCUT2D eigenvalue weighted by Crippen LogP contribution is -2.34. The van der Waals surface area contributed by atoms with Crippen LogP contribution in [0.4, 0.5) is 0 Å². The van der Waals surface area contributed by atoms with Crippen LogP contribution in [0.3, 0.4) is 0 Å². The van der Waals surface area contributed by atoms with Crippen LogP contribution in [0.25, 0.3) is 10.9 Å². The van der Waals surface area contributed by atoms with Gasteiger partial charge in [0.2, 0.25) is 5.52 Å². The van der Waals surface area contributed by atoms with Crippen molar-refractivity contribution in [3.63, 3.8) is 0 Å². The molecule has 0 aliphatic rings. The maximum Gasteiger partial charge on any atom is 0.227 e. The molecule has 0 unspecified atom stereocenters. The third-order valence-electron chi connectivity index (χ3n) is 2.85. The van der Waals surface area contributed by atoms with E-state index in [4.69, 9.17) is 4.74 Å². The van der Waals surface area contributed by atoms with Crippen LogP contribution < -0.4 is 14.4 Å². The van der Waals surface area contributed by atoms with Gasteiger partial charge in [-0.1, -0.05) is 19.6 Å². The summed E-state index contributed by atoms with van der Waals surface area (Å²) in [5, 5.41) is 12.7. The van der Waals surface area contributed by atoms with E-state index in [9.17, 15) is 5.11 Å². The van der Waals surface area contributed by atoms with E-state index in [1.807, 2.05) is 42.0 Å². The van der Waals surface area contributed by atoms with E-state index in [0.29, 0.717) is 18.8 Å². The molecule has 0 aliphatic carbocycles. The number of hydrogen-bond acceptors (Lipinski definition) is 3. The van der Waals surface area contributed by atoms with Crippen molar-refractivity contribution in [1.29, 1.82) is 0 Å². The van der Waals surface area contributed by atoms with Gasteiger partial charge in [0.15, 0.2) is 12.7 Å². The van der Waals surface area contributed by atoms with E-state index < -0.39 is 6.08 Å². The Bertz CT molecular complexity index is 636. The van der Waals surface area contributed by atoms with E-state index in [2.05, 4.69) is 11.6 Å². The van der Waals surface area contributed by atoms with E-state index in [1.54, 1.807) is 12.1 Å². The fraction of sp³-hybridized carbons (Fsp3) is 0.250. The Kier molecular flexibility index (Phi) is 6.88. The standard InChI is InChI=1S/C16H18N2O2.BrH/c1-3-10-17-16(19)20-14-9-5-7-13-8-6-12-18(11-4-2)15(13)14;/h4-9,12H,2-3,10-11H2,1H3;1H. The number of para-hydroxylation sites is 1. The first-order chi connectivity index (χ1) is 9.76. The van der Waals surface area contributed by atoms with Gasteiger partial charge in [0.25, 0.3) is 0 Å². The first-order valence-corrected chi connectivity index (χ1v) is 6.67. The summed E-state index contributed by atoms with van der Waals surface area (Å²) in [6, 6.07) is 9.56. The summed E-state index contributed by atoms with van der Waals surface area (Å²) >= 11 is 0. The molecule has 0 saturated heterocycles. The average Bonchev–Trinajstić information content (AvgIpc) is 2.46. The predicted octanol–water partition coefficient (Wildman–Crippen LogP) is 2.40. The third-order valence-corrected chi connectivity index (χ3v) is 2.85. The minimum Gasteiger partial charge on any atom is -0.560 e. The molecule has 4 nitrogen and oxygen atoms in total. The highest BCUT2D eigenvalue weighted by atomic mass is 79.9. The van der Waals surface area contributed by atoms with Crippen LogP contribution in [0.1, 0.15) is 13.3 Å². The molecule has 0 N–H and O–H groups in total. The second-order valence-corrected chi connectivity index (χ2v) is 4.39. The maximum atomic E-state index is 11.7. The summed E-state index contributed by atoms with van der Waals surface area (Å²) in [6.07, 6.45) is 4.01. The van der Waals surface area contributed by atoms with Gasteiger partial charge >= 0.3 is 0 Å². The molecule has 5 heteroatoms. The van der Waals surface area contributed by atoms with Crippen LogP contribution in [0.15, 0.2) is 54.2 Å². The minimum absolute atomic E-state index is 0. The van der Waals surface area contributed by atoms with Gasteiger partial charge in [-0.2, -0.15) is 4.57 Å². The van der Waals surface area contributed by atoms with E-state index >= 15 is 0 Å². The van der Waals surface area contributed by atoms with Crippen LogP contribution in [0, 0.1) is 0 Å². The summed E-state index contributed by atoms with van der Waals surface area (Å²) in [5.41, 5.74) is 0.870. The molecule has 112 valence electrons. The minimum atomic E-state index is -0.548. The highest BCUT2D eigenvalue weighted by molar-refractivity contribution is 8.93. The van der Waals surface area contributed by atoms with Crippen LogP contribution >= 0.6 is 17.0 Å². The molecule has 0 radical (unpaired) electrons. The SMILES string of the molecule is Br.C=CC[n+]1cccc2cccc(OC([O-])=NCCC)c21. The molecule has 21 heavy (non-hydrogen) atoms. The molecule has 0 bridgehead atoms. The number of allylic oxidation sites excluding steroid dienone is 1. The van der Waals surface area contributed by atoms with Crippen molar-refractivity contribution in [2.24, 2.45) is 4.99 Å². The fourth-order valence-electron chi connectivity index (χ4n) is 2.01. The van der Waals surface area contributed by atoms with Crippen molar-refractivity contribution in [3.8, 4) is 5.75 Å². The van der Waals surface area contributed by atoms with Crippen molar-refractivity contribution < 1.29 is 14.4 Å². The molecule has 1 aromatic carbocycles. The van der Waals surface area contributed by atoms with Crippen molar-refractivity contribution in [2.45, 2.75) is 19.9 Å². The molecule has 0 aliphatic heterocycles. The Morgan fingerprint density at radius 3 is 2.86 bits per heavy atom. The fourth-order valence-corrected chi connectivity index (χ4v) is 2.01. The number of halogens is 1. The molecule has 0 spiro atoms. The van der Waals surface area contributed by atoms with Crippen molar-refractivity contribution in [1.82, 2.24) is 0 Å². The Balaban J connectivity index is 0.00000220. The Labute approximate surface area is 135 Å². The Morgan fingerprint density at radius 2 is 2.14 bits per heavy atom. The second-order valence-electron chi connectivity index (χ2n) is 4.39. The van der Waals surface area contributed by atoms with Crippen LogP contribution in [0.2, 0.25) is 0 Å². The number of benzene rings is 1. The quantitative estimate of drug-likeness (QED) is 0.359. The van der Waals surface area contributed by atoms with Crippen LogP contribution in [-0.2, 0) is 6.54 Å². The molecule has 0 saturated carbocycles. The topological polar surface area (TPSA) is 48.5 Å². The normalized spacial score (nSPS) is 11.0. The van der Waals surface area contributed by atoms with Gasteiger partial charge in [-0.3, -0.25) is 4.99 Å². The number of fused-ring (bicyclic) bond motifs is 1. The zero-order valence-electron chi connectivity index (χ0n) is 12.0. The summed E-state index contributed by atoms with van der Waals surface area (Å²) < 4.78 is 7.35. The Morgan fingerprint density at radius 1 is 1.38 bits per heavy atom. The summed E-state index contributed by atoms with van der Waals surface area (Å²) in [7, 11) is 0. The van der Waals surface area contributed by atoms with Gasteiger partial charge in [0, 0.05) is 18.0 Å². The van der Waals surface area contributed by atoms with Gasteiger partial charge in [0.1, 0.15) is 6.08 Å². The van der Waals surface area contributed by atoms with Crippen LogP contribution in [0.5, 0.6) is 5.75 Å². The zero-order valence-corrected chi connectivity index (χ0v) is 13.7. The summed E-state index contributed by atoms with van der Waals surface area (Å²) in [4.78, 5) is 3.83. The summed E-state index contributed by atoms with van der Waals surface area (Å²) in [6.45, 7) is 6.85. The van der Waals surface area contributed by atoms with Crippen molar-refractivity contribution in [2.75, 3.05) is 6.54 Å². The third kappa shape index (κ3) is 4.29. The van der Waals surface area contributed by atoms with Gasteiger partial charge < -0.3 is 9.84 Å². The number of ether oxygens (including phenoxy) is 1. The molecule has 1 heterocycles. The lowest BCUT2D eigenvalue weighted by Gasteiger charge is -2.15. The molecule has 0 atom stereocenters. The highest BCUT2D eigenvalue weighted by Crippen LogP contribution is 2.22. The van der Waals surface area contributed by atoms with Crippen molar-refractivity contribution in [3.05, 3.63) is 49.2 Å². The molecule has 2 rings (SSSR count). The monoisotopic (exact) mass is 350 g/mol. The maximum absolute atomic E-state index is 11.7. The molecule has 2 aromatic rings. The molecular formula is C16H19BrN2O2. The van der Waals surface area contributed by atoms with Crippen molar-refractivity contribution >= 4 is 34.0 Å². The number of nitrogens with zero attached hydrogens (tertiary/aromatic N) is 2. The zero-order chi connectivity index (χ0) is 14.4. The van der Waals surface area contributed by atoms with E-state index in [-0.39, 0.29) is 17.0 Å². The smallest absolute Gasteiger partial charge is 0.227 e. The number of aliphatic imine (C=N–C) groups is 1. The Hall–Kier alpha value is -1.88. The lowest BCUT2D eigenvalue weighted by atomic mass is 10.2. The first kappa shape index (κ1) is 17.2. The molecular weight excluding hydrogens is 332 g/mol. The van der Waals surface area contributed by atoms with Gasteiger partial charge in [-0.05, 0) is 30.7 Å². The molecule has 1 aromatic heterocycles. The lowest BCUT2D eigenvalue weighted by molar-refractivity contribution is -0.661. The molecule has 0 amide bonds. The average molecular weight is 351 g/mol. The number of rotatable bonds is 5. The summed E-state index contributed by atoms with van der Waals surface area (Å²) in [5.74, 6) is 0.523. The predicted molar refractivity (Wildman–Crippen MR) is 87.9 cm³/mol. The van der Waals surface area contributed by atoms with E-state index in [1.165, 1.54) is 0 Å². The second kappa shape index (κ2) is 8.42. The number of hydrogen-bond donors (Lipinski definition) is 0. The van der Waals surface area contributed by atoms with E-state index in [0.717, 1.165) is 17.3 Å². The van der Waals surface area contributed by atoms with Gasteiger partial charge in [-0.15, -0.1) is 17.0 Å². The number of pyridine rings is 1. The first-order valence-electron chi connectivity index (χ1n) is 6.67.